The van der Waals surface area contributed by atoms with Crippen molar-refractivity contribution >= 4 is 5.97 Å². The lowest BCUT2D eigenvalue weighted by Gasteiger charge is -2.02. The molecule has 3 N–H and O–H groups in total. The zero-order valence-corrected chi connectivity index (χ0v) is 15.3. The fourth-order valence-electron chi connectivity index (χ4n) is 2.37. The minimum absolute atomic E-state index is 0.111. The molecular formula is C19H41NO2. The van der Waals surface area contributed by atoms with Crippen molar-refractivity contribution in [3.63, 3.8) is 0 Å². The molecule has 0 aromatic heterocycles. The Bertz CT molecular complexity index is 194. The van der Waals surface area contributed by atoms with Crippen molar-refractivity contribution in [3.8, 4) is 0 Å². The van der Waals surface area contributed by atoms with E-state index in [1.807, 2.05) is 0 Å². The number of quaternary nitrogens is 1. The maximum absolute atomic E-state index is 9.26. The first-order valence-corrected chi connectivity index (χ1v) is 9.68. The minimum Gasteiger partial charge on any atom is -0.550 e. The molecule has 0 rings (SSSR count). The lowest BCUT2D eigenvalue weighted by molar-refractivity contribution is -0.368. The highest BCUT2D eigenvalue weighted by atomic mass is 16.4. The van der Waals surface area contributed by atoms with Gasteiger partial charge in [0.05, 0.1) is 6.54 Å². The number of hydrogen-bond acceptors (Lipinski definition) is 2. The summed E-state index contributed by atoms with van der Waals surface area (Å²) in [7, 11) is 0. The largest absolute Gasteiger partial charge is 0.550 e. The monoisotopic (exact) mass is 315 g/mol. The Morgan fingerprint density at radius 3 is 1.18 bits per heavy atom. The molecule has 0 aliphatic heterocycles. The summed E-state index contributed by atoms with van der Waals surface area (Å²) in [6, 6.07) is 0. The smallest absolute Gasteiger partial charge is 0.0739 e. The molecule has 0 aromatic carbocycles. The van der Waals surface area contributed by atoms with E-state index in [2.05, 4.69) is 12.7 Å². The van der Waals surface area contributed by atoms with E-state index < -0.39 is 5.97 Å². The van der Waals surface area contributed by atoms with Crippen LogP contribution in [0.5, 0.6) is 0 Å². The number of carbonyl (C=O) groups is 1. The van der Waals surface area contributed by atoms with Crippen LogP contribution in [0.3, 0.4) is 0 Å². The van der Waals surface area contributed by atoms with Crippen molar-refractivity contribution in [3.05, 3.63) is 0 Å². The van der Waals surface area contributed by atoms with Gasteiger partial charge in [-0.2, -0.15) is 0 Å². The highest BCUT2D eigenvalue weighted by molar-refractivity contribution is 5.63. The van der Waals surface area contributed by atoms with E-state index in [0.717, 1.165) is 6.54 Å². The van der Waals surface area contributed by atoms with E-state index in [0.29, 0.717) is 0 Å². The van der Waals surface area contributed by atoms with E-state index in [9.17, 15) is 9.90 Å². The summed E-state index contributed by atoms with van der Waals surface area (Å²) < 4.78 is 0. The molecule has 0 atom stereocenters. The molecule has 3 heteroatoms. The molecule has 0 saturated heterocycles. The van der Waals surface area contributed by atoms with Crippen LogP contribution in [0.25, 0.3) is 0 Å². The first-order chi connectivity index (χ1) is 10.7. The van der Waals surface area contributed by atoms with Crippen LogP contribution in [0.15, 0.2) is 0 Å². The fourth-order valence-corrected chi connectivity index (χ4v) is 2.37. The van der Waals surface area contributed by atoms with Gasteiger partial charge in [-0.1, -0.05) is 90.9 Å². The van der Waals surface area contributed by atoms with Crippen molar-refractivity contribution in [2.45, 2.75) is 110 Å². The number of unbranched alkanes of at least 4 members (excludes halogenated alkanes) is 13. The predicted octanol–water partition coefficient (Wildman–Crippen LogP) is 3.86. The number of rotatable bonds is 15. The van der Waals surface area contributed by atoms with Gasteiger partial charge in [-0.25, -0.2) is 0 Å². The van der Waals surface area contributed by atoms with Crippen molar-refractivity contribution in [1.82, 2.24) is 0 Å². The molecule has 22 heavy (non-hydrogen) atoms. The standard InChI is InChI=1S/C16H35N.C3H6O2/c1-2-3-4-5-6-7-8-9-10-11-12-13-14-15-16-17;1-2-3(4)5/h2-17H2,1H3;2H2,1H3,(H,4,5). The Labute approximate surface area is 139 Å². The lowest BCUT2D eigenvalue weighted by atomic mass is 10.0. The van der Waals surface area contributed by atoms with Crippen LogP contribution in [0.2, 0.25) is 0 Å². The van der Waals surface area contributed by atoms with Gasteiger partial charge < -0.3 is 15.6 Å². The van der Waals surface area contributed by atoms with Crippen LogP contribution >= 0.6 is 0 Å². The second kappa shape index (κ2) is 22.7. The number of carboxylic acid groups (broad SMARTS) is 1. The van der Waals surface area contributed by atoms with E-state index in [1.54, 1.807) is 0 Å². The molecule has 0 spiro atoms. The summed E-state index contributed by atoms with van der Waals surface area (Å²) in [5, 5.41) is 9.26. The SMILES string of the molecule is CCC(=O)[O-].CCCCCCCCCCCCCCCC[NH3+]. The van der Waals surface area contributed by atoms with Gasteiger partial charge in [-0.3, -0.25) is 0 Å². The van der Waals surface area contributed by atoms with Gasteiger partial charge in [-0.05, 0) is 19.3 Å². The Morgan fingerprint density at radius 2 is 0.955 bits per heavy atom. The summed E-state index contributed by atoms with van der Waals surface area (Å²) >= 11 is 0. The van der Waals surface area contributed by atoms with Gasteiger partial charge in [0.1, 0.15) is 0 Å². The average Bonchev–Trinajstić information content (AvgIpc) is 2.52. The van der Waals surface area contributed by atoms with Crippen molar-refractivity contribution in [1.29, 1.82) is 0 Å². The van der Waals surface area contributed by atoms with E-state index in [-0.39, 0.29) is 6.42 Å². The van der Waals surface area contributed by atoms with Gasteiger partial charge in [0.15, 0.2) is 0 Å². The third-order valence-corrected chi connectivity index (χ3v) is 3.89. The van der Waals surface area contributed by atoms with Gasteiger partial charge in [0.2, 0.25) is 0 Å². The maximum atomic E-state index is 9.26. The molecule has 0 saturated carbocycles. The second-order valence-corrected chi connectivity index (χ2v) is 6.18. The zero-order valence-electron chi connectivity index (χ0n) is 15.3. The first kappa shape index (κ1) is 23.7. The van der Waals surface area contributed by atoms with Crippen LogP contribution in [-0.2, 0) is 4.79 Å². The van der Waals surface area contributed by atoms with Crippen LogP contribution in [0.1, 0.15) is 110 Å². The van der Waals surface area contributed by atoms with Gasteiger partial charge in [-0.15, -0.1) is 0 Å². The van der Waals surface area contributed by atoms with Crippen molar-refractivity contribution < 1.29 is 15.6 Å². The second-order valence-electron chi connectivity index (χ2n) is 6.18. The molecule has 3 nitrogen and oxygen atoms in total. The highest BCUT2D eigenvalue weighted by Crippen LogP contribution is 2.12. The van der Waals surface area contributed by atoms with Crippen molar-refractivity contribution in [2.75, 3.05) is 6.54 Å². The van der Waals surface area contributed by atoms with Gasteiger partial charge in [0.25, 0.3) is 0 Å². The topological polar surface area (TPSA) is 67.8 Å². The maximum Gasteiger partial charge on any atom is 0.0739 e. The average molecular weight is 316 g/mol. The summed E-state index contributed by atoms with van der Waals surface area (Å²) in [5.41, 5.74) is 3.88. The summed E-state index contributed by atoms with van der Waals surface area (Å²) in [4.78, 5) is 9.26. The normalized spacial score (nSPS) is 10.1. The van der Waals surface area contributed by atoms with Crippen LogP contribution in [-0.4, -0.2) is 12.5 Å². The van der Waals surface area contributed by atoms with Crippen LogP contribution in [0, 0.1) is 0 Å². The third kappa shape index (κ3) is 27.7. The molecule has 0 fully saturated rings. The Balaban J connectivity index is 0. The molecule has 134 valence electrons. The molecule has 0 aliphatic rings. The molecule has 0 bridgehead atoms. The lowest BCUT2D eigenvalue weighted by Crippen LogP contribution is -2.50. The molecule has 0 amide bonds. The highest BCUT2D eigenvalue weighted by Gasteiger charge is 1.93. The predicted molar refractivity (Wildman–Crippen MR) is 93.4 cm³/mol. The number of carbonyl (C=O) groups excluding carboxylic acids is 1. The van der Waals surface area contributed by atoms with Gasteiger partial charge in [0, 0.05) is 5.97 Å². The molecule has 0 unspecified atom stereocenters. The molecule has 0 heterocycles. The van der Waals surface area contributed by atoms with E-state index in [1.165, 1.54) is 96.8 Å². The molecule has 0 aliphatic carbocycles. The number of carboxylic acids is 1. The molecular weight excluding hydrogens is 274 g/mol. The zero-order chi connectivity index (χ0) is 16.9. The van der Waals surface area contributed by atoms with Crippen LogP contribution < -0.4 is 10.8 Å². The van der Waals surface area contributed by atoms with Gasteiger partial charge >= 0.3 is 0 Å². The third-order valence-electron chi connectivity index (χ3n) is 3.89. The fraction of sp³-hybridized carbons (Fsp3) is 0.947. The van der Waals surface area contributed by atoms with Crippen molar-refractivity contribution in [2.24, 2.45) is 0 Å². The Kier molecular flexibility index (Phi) is 24.5. The number of aliphatic carboxylic acids is 1. The Morgan fingerprint density at radius 1 is 0.682 bits per heavy atom. The van der Waals surface area contributed by atoms with E-state index >= 15 is 0 Å². The van der Waals surface area contributed by atoms with Crippen LogP contribution in [0.4, 0.5) is 0 Å². The van der Waals surface area contributed by atoms with E-state index in [4.69, 9.17) is 0 Å². The minimum atomic E-state index is -0.995. The number of hydrogen-bond donors (Lipinski definition) is 1. The molecule has 0 radical (unpaired) electrons. The first-order valence-electron chi connectivity index (χ1n) is 9.68. The quantitative estimate of drug-likeness (QED) is 0.466. The summed E-state index contributed by atoms with van der Waals surface area (Å²) in [6.45, 7) is 4.95. The Hall–Kier alpha value is -0.570. The summed E-state index contributed by atoms with van der Waals surface area (Å²) in [6.07, 6.45) is 20.3. The summed E-state index contributed by atoms with van der Waals surface area (Å²) in [5.74, 6) is -0.995. The molecule has 0 aromatic rings.